The molecule has 1 saturated heterocycles. The normalized spacial score (nSPS) is 16.4. The van der Waals surface area contributed by atoms with Crippen molar-refractivity contribution in [1.82, 2.24) is 4.31 Å². The van der Waals surface area contributed by atoms with Gasteiger partial charge in [-0.25, -0.2) is 8.42 Å². The maximum absolute atomic E-state index is 13.1. The molecule has 0 atom stereocenters. The average molecular weight is 443 g/mol. The van der Waals surface area contributed by atoms with Crippen LogP contribution in [0, 0.1) is 5.92 Å². The highest BCUT2D eigenvalue weighted by atomic mass is 32.2. The first-order chi connectivity index (χ1) is 14.1. The molecule has 30 heavy (non-hydrogen) atoms. The Labute approximate surface area is 174 Å². The summed E-state index contributed by atoms with van der Waals surface area (Å²) in [4.78, 5) is 0.0607. The fourth-order valence-corrected chi connectivity index (χ4v) is 5.28. The maximum Gasteiger partial charge on any atom is 0.416 e. The van der Waals surface area contributed by atoms with Crippen molar-refractivity contribution >= 4 is 10.0 Å². The van der Waals surface area contributed by atoms with Crippen LogP contribution in [0.1, 0.15) is 24.0 Å². The molecule has 2 aromatic rings. The Balaban J connectivity index is 1.66. The summed E-state index contributed by atoms with van der Waals surface area (Å²) in [5.41, 5.74) is 0.151. The van der Waals surface area contributed by atoms with E-state index in [-0.39, 0.29) is 16.6 Å². The van der Waals surface area contributed by atoms with E-state index in [1.165, 1.54) is 36.7 Å². The molecule has 0 radical (unpaired) electrons. The average Bonchev–Trinajstić information content (AvgIpc) is 2.73. The number of rotatable bonds is 6. The number of alkyl halides is 3. The first-order valence-corrected chi connectivity index (χ1v) is 11.0. The van der Waals surface area contributed by atoms with Crippen molar-refractivity contribution in [3.63, 3.8) is 0 Å². The lowest BCUT2D eigenvalue weighted by Gasteiger charge is -2.31. The summed E-state index contributed by atoms with van der Waals surface area (Å²) in [5, 5.41) is 0. The lowest BCUT2D eigenvalue weighted by molar-refractivity contribution is -0.137. The quantitative estimate of drug-likeness (QED) is 0.666. The van der Waals surface area contributed by atoms with Crippen molar-refractivity contribution in [3.8, 4) is 11.5 Å². The van der Waals surface area contributed by atoms with E-state index in [2.05, 4.69) is 0 Å². The smallest absolute Gasteiger partial charge is 0.416 e. The van der Waals surface area contributed by atoms with E-state index in [1.54, 1.807) is 12.1 Å². The van der Waals surface area contributed by atoms with Crippen molar-refractivity contribution in [2.45, 2.75) is 30.3 Å². The number of hydrogen-bond donors (Lipinski definition) is 0. The molecule has 3 rings (SSSR count). The summed E-state index contributed by atoms with van der Waals surface area (Å²) in [7, 11) is -0.875. The number of halogens is 3. The molecule has 0 spiro atoms. The molecule has 164 valence electrons. The second kappa shape index (κ2) is 8.85. The van der Waals surface area contributed by atoms with Crippen LogP contribution in [-0.4, -0.2) is 40.0 Å². The Kier molecular flexibility index (Phi) is 6.62. The molecule has 0 saturated carbocycles. The predicted octanol–water partition coefficient (Wildman–Crippen LogP) is 4.37. The summed E-state index contributed by atoms with van der Waals surface area (Å²) in [6.07, 6.45) is -2.47. The zero-order valence-corrected chi connectivity index (χ0v) is 17.6. The molecule has 0 aromatic heterocycles. The van der Waals surface area contributed by atoms with E-state index in [1.807, 2.05) is 0 Å². The highest BCUT2D eigenvalue weighted by molar-refractivity contribution is 7.89. The van der Waals surface area contributed by atoms with Gasteiger partial charge in [0, 0.05) is 19.2 Å². The van der Waals surface area contributed by atoms with Gasteiger partial charge in [0.05, 0.1) is 19.8 Å². The van der Waals surface area contributed by atoms with Crippen LogP contribution < -0.4 is 9.47 Å². The van der Waals surface area contributed by atoms with Crippen LogP contribution in [0.4, 0.5) is 13.2 Å². The number of nitrogens with zero attached hydrogens (tertiary/aromatic N) is 1. The molecule has 1 fully saturated rings. The van der Waals surface area contributed by atoms with Crippen LogP contribution in [0.2, 0.25) is 0 Å². The number of benzene rings is 2. The molecular formula is C21H24F3NO4S. The van der Waals surface area contributed by atoms with Crippen molar-refractivity contribution in [3.05, 3.63) is 53.6 Å². The first-order valence-electron chi connectivity index (χ1n) is 9.53. The van der Waals surface area contributed by atoms with Gasteiger partial charge in [0.25, 0.3) is 0 Å². The third-order valence-corrected chi connectivity index (χ3v) is 7.29. The molecule has 9 heteroatoms. The largest absolute Gasteiger partial charge is 0.497 e. The number of sulfonamides is 1. The molecule has 1 aliphatic rings. The Morgan fingerprint density at radius 2 is 1.63 bits per heavy atom. The highest BCUT2D eigenvalue weighted by Gasteiger charge is 2.33. The van der Waals surface area contributed by atoms with Crippen molar-refractivity contribution in [2.24, 2.45) is 5.92 Å². The Morgan fingerprint density at radius 3 is 2.17 bits per heavy atom. The fraction of sp³-hybridized carbons (Fsp3) is 0.429. The zero-order chi connectivity index (χ0) is 21.9. The van der Waals surface area contributed by atoms with Crippen molar-refractivity contribution < 1.29 is 31.1 Å². The van der Waals surface area contributed by atoms with Gasteiger partial charge in [-0.15, -0.1) is 0 Å². The van der Waals surface area contributed by atoms with Gasteiger partial charge in [-0.2, -0.15) is 17.5 Å². The SMILES string of the molecule is COc1ccc(OC)c(S(=O)(=O)N2CCC(Cc3ccc(C(F)(F)F)cc3)CC2)c1. The summed E-state index contributed by atoms with van der Waals surface area (Å²) in [5.74, 6) is 0.884. The van der Waals surface area contributed by atoms with Crippen LogP contribution in [0.3, 0.4) is 0 Å². The van der Waals surface area contributed by atoms with E-state index in [9.17, 15) is 21.6 Å². The van der Waals surface area contributed by atoms with Crippen LogP contribution in [0.15, 0.2) is 47.4 Å². The van der Waals surface area contributed by atoms with Gasteiger partial charge in [0.1, 0.15) is 16.4 Å². The van der Waals surface area contributed by atoms with Crippen LogP contribution in [0.25, 0.3) is 0 Å². The Bertz CT molecular complexity index is 967. The molecule has 0 unspecified atom stereocenters. The molecule has 1 aliphatic heterocycles. The molecule has 0 N–H and O–H groups in total. The predicted molar refractivity (Wildman–Crippen MR) is 106 cm³/mol. The summed E-state index contributed by atoms with van der Waals surface area (Å²) < 4.78 is 76.1. The molecule has 0 amide bonds. The van der Waals surface area contributed by atoms with Crippen LogP contribution >= 0.6 is 0 Å². The fourth-order valence-electron chi connectivity index (χ4n) is 3.64. The molecule has 5 nitrogen and oxygen atoms in total. The minimum absolute atomic E-state index is 0.0607. The molecule has 2 aromatic carbocycles. The molecule has 0 bridgehead atoms. The van der Waals surface area contributed by atoms with Gasteiger partial charge in [-0.1, -0.05) is 12.1 Å². The third-order valence-electron chi connectivity index (χ3n) is 5.37. The van der Waals surface area contributed by atoms with E-state index in [4.69, 9.17) is 9.47 Å². The highest BCUT2D eigenvalue weighted by Crippen LogP contribution is 2.34. The van der Waals surface area contributed by atoms with Gasteiger partial charge >= 0.3 is 6.18 Å². The van der Waals surface area contributed by atoms with Gasteiger partial charge in [0.2, 0.25) is 10.0 Å². The first kappa shape index (κ1) is 22.4. The number of hydrogen-bond acceptors (Lipinski definition) is 4. The summed E-state index contributed by atoms with van der Waals surface area (Å²) >= 11 is 0. The Hall–Kier alpha value is -2.26. The molecule has 0 aliphatic carbocycles. The van der Waals surface area contributed by atoms with Gasteiger partial charge in [0.15, 0.2) is 0 Å². The maximum atomic E-state index is 13.1. The zero-order valence-electron chi connectivity index (χ0n) is 16.8. The van der Waals surface area contributed by atoms with E-state index >= 15 is 0 Å². The lowest BCUT2D eigenvalue weighted by Crippen LogP contribution is -2.39. The topological polar surface area (TPSA) is 55.8 Å². The number of piperidine rings is 1. The summed E-state index contributed by atoms with van der Waals surface area (Å²) in [6, 6.07) is 9.80. The van der Waals surface area contributed by atoms with Crippen molar-refractivity contribution in [1.29, 1.82) is 0 Å². The van der Waals surface area contributed by atoms with Gasteiger partial charge in [-0.3, -0.25) is 0 Å². The second-order valence-corrected chi connectivity index (χ2v) is 9.17. The number of methoxy groups -OCH3 is 2. The second-order valence-electron chi connectivity index (χ2n) is 7.26. The minimum atomic E-state index is -4.35. The third kappa shape index (κ3) is 4.89. The Morgan fingerprint density at radius 1 is 1.00 bits per heavy atom. The van der Waals surface area contributed by atoms with E-state index in [0.29, 0.717) is 38.1 Å². The van der Waals surface area contributed by atoms with Crippen LogP contribution in [0.5, 0.6) is 11.5 Å². The van der Waals surface area contributed by atoms with E-state index in [0.717, 1.165) is 17.7 Å². The van der Waals surface area contributed by atoms with E-state index < -0.39 is 21.8 Å². The van der Waals surface area contributed by atoms with Crippen molar-refractivity contribution in [2.75, 3.05) is 27.3 Å². The lowest BCUT2D eigenvalue weighted by atomic mass is 9.91. The molecule has 1 heterocycles. The number of ether oxygens (including phenoxy) is 2. The summed E-state index contributed by atoms with van der Waals surface area (Å²) in [6.45, 7) is 0.683. The van der Waals surface area contributed by atoms with Gasteiger partial charge < -0.3 is 9.47 Å². The monoisotopic (exact) mass is 443 g/mol. The minimum Gasteiger partial charge on any atom is -0.497 e. The molecular weight excluding hydrogens is 419 g/mol. The van der Waals surface area contributed by atoms with Gasteiger partial charge in [-0.05, 0) is 55.0 Å². The van der Waals surface area contributed by atoms with Crippen LogP contribution in [-0.2, 0) is 22.6 Å². The standard InChI is InChI=1S/C21H24F3NO4S/c1-28-18-7-8-19(29-2)20(14-18)30(26,27)25-11-9-16(10-12-25)13-15-3-5-17(6-4-15)21(22,23)24/h3-8,14,16H,9-13H2,1-2H3.